The molecule has 1 aromatic carbocycles. The molecule has 5 nitrogen and oxygen atoms in total. The third kappa shape index (κ3) is 3.60. The molecule has 1 N–H and O–H groups in total. The van der Waals surface area contributed by atoms with E-state index < -0.39 is 5.82 Å². The monoisotopic (exact) mass is 351 g/mol. The van der Waals surface area contributed by atoms with Gasteiger partial charge in [-0.1, -0.05) is 16.8 Å². The van der Waals surface area contributed by atoms with Crippen molar-refractivity contribution in [2.75, 3.05) is 13.1 Å². The average Bonchev–Trinajstić information content (AvgIpc) is 3.11. The molecule has 1 amide bonds. The summed E-state index contributed by atoms with van der Waals surface area (Å²) < 4.78 is 18.4. The Bertz CT molecular complexity index is 743. The van der Waals surface area contributed by atoms with E-state index in [-0.39, 0.29) is 17.0 Å². The lowest BCUT2D eigenvalue weighted by atomic mass is 10.2. The zero-order valence-corrected chi connectivity index (χ0v) is 14.4. The van der Waals surface area contributed by atoms with Gasteiger partial charge in [-0.2, -0.15) is 0 Å². The first-order valence-corrected chi connectivity index (χ1v) is 8.22. The van der Waals surface area contributed by atoms with Gasteiger partial charge < -0.3 is 9.84 Å². The van der Waals surface area contributed by atoms with Crippen molar-refractivity contribution in [3.05, 3.63) is 51.6 Å². The van der Waals surface area contributed by atoms with E-state index in [4.69, 9.17) is 16.1 Å². The molecular weight excluding hydrogens is 333 g/mol. The van der Waals surface area contributed by atoms with Crippen LogP contribution in [-0.4, -0.2) is 35.1 Å². The fourth-order valence-corrected chi connectivity index (χ4v) is 3.13. The number of likely N-dealkylation sites (tertiary alicyclic amines) is 1. The summed E-state index contributed by atoms with van der Waals surface area (Å²) in [5.41, 5.74) is 2.37. The van der Waals surface area contributed by atoms with E-state index in [2.05, 4.69) is 15.4 Å². The van der Waals surface area contributed by atoms with Gasteiger partial charge in [0.1, 0.15) is 11.6 Å². The van der Waals surface area contributed by atoms with E-state index in [0.29, 0.717) is 5.56 Å². The van der Waals surface area contributed by atoms with Gasteiger partial charge in [0.15, 0.2) is 0 Å². The van der Waals surface area contributed by atoms with Crippen molar-refractivity contribution < 1.29 is 13.7 Å². The highest BCUT2D eigenvalue weighted by molar-refractivity contribution is 6.31. The van der Waals surface area contributed by atoms with Crippen LogP contribution in [0.2, 0.25) is 5.02 Å². The van der Waals surface area contributed by atoms with Gasteiger partial charge in [0, 0.05) is 36.8 Å². The molecule has 0 saturated carbocycles. The Morgan fingerprint density at radius 2 is 2.29 bits per heavy atom. The minimum absolute atomic E-state index is 0.0471. The first-order chi connectivity index (χ1) is 11.4. The number of halogens is 2. The standard InChI is InChI=1S/C17H19ClFN3O2/c1-10-14(11(2)24-21-10)9-22-6-5-13(8-22)20-17(23)12-3-4-16(19)15(18)7-12/h3-4,7,13H,5-6,8-9H2,1-2H3,(H,20,23)/t13-/m0/s1. The van der Waals surface area contributed by atoms with E-state index in [0.717, 1.165) is 43.1 Å². The molecule has 1 aliphatic rings. The van der Waals surface area contributed by atoms with Crippen molar-refractivity contribution in [1.82, 2.24) is 15.4 Å². The number of amides is 1. The van der Waals surface area contributed by atoms with Crippen LogP contribution in [0, 0.1) is 19.7 Å². The number of hydrogen-bond acceptors (Lipinski definition) is 4. The van der Waals surface area contributed by atoms with Crippen molar-refractivity contribution in [2.45, 2.75) is 32.9 Å². The first-order valence-electron chi connectivity index (χ1n) is 7.84. The predicted octanol–water partition coefficient (Wildman–Crippen LogP) is 3.09. The molecule has 0 aliphatic carbocycles. The molecule has 128 valence electrons. The number of aryl methyl sites for hydroxylation is 2. The summed E-state index contributed by atoms with van der Waals surface area (Å²) >= 11 is 5.73. The summed E-state index contributed by atoms with van der Waals surface area (Å²) in [6.45, 7) is 6.24. The smallest absolute Gasteiger partial charge is 0.251 e. The van der Waals surface area contributed by atoms with E-state index >= 15 is 0 Å². The Morgan fingerprint density at radius 1 is 1.50 bits per heavy atom. The number of carbonyl (C=O) groups excluding carboxylic acids is 1. The molecule has 0 unspecified atom stereocenters. The Morgan fingerprint density at radius 3 is 2.96 bits per heavy atom. The normalized spacial score (nSPS) is 18.1. The summed E-state index contributed by atoms with van der Waals surface area (Å²) in [7, 11) is 0. The topological polar surface area (TPSA) is 58.4 Å². The second-order valence-electron chi connectivity index (χ2n) is 6.13. The van der Waals surface area contributed by atoms with Gasteiger partial charge in [-0.3, -0.25) is 9.69 Å². The van der Waals surface area contributed by atoms with Crippen LogP contribution < -0.4 is 5.32 Å². The Kier molecular flexibility index (Phi) is 4.87. The van der Waals surface area contributed by atoms with E-state index in [1.54, 1.807) is 0 Å². The summed E-state index contributed by atoms with van der Waals surface area (Å²) in [5.74, 6) is 0.0711. The second-order valence-corrected chi connectivity index (χ2v) is 6.53. The summed E-state index contributed by atoms with van der Waals surface area (Å²) in [4.78, 5) is 14.5. The third-order valence-electron chi connectivity index (χ3n) is 4.35. The van der Waals surface area contributed by atoms with Crippen molar-refractivity contribution in [1.29, 1.82) is 0 Å². The average molecular weight is 352 g/mol. The molecule has 2 aromatic rings. The van der Waals surface area contributed by atoms with Crippen LogP contribution in [0.3, 0.4) is 0 Å². The van der Waals surface area contributed by atoms with Gasteiger partial charge in [-0.15, -0.1) is 0 Å². The molecule has 2 heterocycles. The van der Waals surface area contributed by atoms with Gasteiger partial charge in [0.2, 0.25) is 0 Å². The lowest BCUT2D eigenvalue weighted by molar-refractivity contribution is 0.0937. The maximum atomic E-state index is 13.2. The van der Waals surface area contributed by atoms with Gasteiger partial charge in [-0.05, 0) is 38.5 Å². The fourth-order valence-electron chi connectivity index (χ4n) is 2.95. The van der Waals surface area contributed by atoms with Crippen molar-refractivity contribution in [3.8, 4) is 0 Å². The van der Waals surface area contributed by atoms with Crippen molar-refractivity contribution in [3.63, 3.8) is 0 Å². The Balaban J connectivity index is 1.58. The largest absolute Gasteiger partial charge is 0.361 e. The Hall–Kier alpha value is -1.92. The molecule has 3 rings (SSSR count). The molecule has 1 atom stereocenters. The number of nitrogens with zero attached hydrogens (tertiary/aromatic N) is 2. The molecule has 0 bridgehead atoms. The van der Waals surface area contributed by atoms with Crippen LogP contribution in [0.1, 0.15) is 33.8 Å². The second kappa shape index (κ2) is 6.91. The summed E-state index contributed by atoms with van der Waals surface area (Å²) in [6.07, 6.45) is 0.865. The minimum atomic E-state index is -0.528. The lowest BCUT2D eigenvalue weighted by Gasteiger charge is -2.16. The van der Waals surface area contributed by atoms with Crippen LogP contribution in [0.25, 0.3) is 0 Å². The molecule has 0 radical (unpaired) electrons. The number of carbonyl (C=O) groups is 1. The Labute approximate surface area is 144 Å². The summed E-state index contributed by atoms with van der Waals surface area (Å²) in [6, 6.07) is 4.05. The highest BCUT2D eigenvalue weighted by Gasteiger charge is 2.26. The molecule has 1 aromatic heterocycles. The number of benzene rings is 1. The van der Waals surface area contributed by atoms with Crippen LogP contribution >= 0.6 is 11.6 Å². The van der Waals surface area contributed by atoms with Gasteiger partial charge >= 0.3 is 0 Å². The van der Waals surface area contributed by atoms with Crippen molar-refractivity contribution in [2.24, 2.45) is 0 Å². The van der Waals surface area contributed by atoms with E-state index in [1.807, 2.05) is 13.8 Å². The SMILES string of the molecule is Cc1noc(C)c1CN1CC[C@H](NC(=O)c2ccc(F)c(Cl)c2)C1. The van der Waals surface area contributed by atoms with Crippen LogP contribution in [-0.2, 0) is 6.54 Å². The van der Waals surface area contributed by atoms with E-state index in [9.17, 15) is 9.18 Å². The highest BCUT2D eigenvalue weighted by Crippen LogP contribution is 2.20. The van der Waals surface area contributed by atoms with Crippen LogP contribution in [0.5, 0.6) is 0 Å². The fraction of sp³-hybridized carbons (Fsp3) is 0.412. The molecule has 0 spiro atoms. The number of hydrogen-bond donors (Lipinski definition) is 1. The van der Waals surface area contributed by atoms with Crippen LogP contribution in [0.4, 0.5) is 4.39 Å². The van der Waals surface area contributed by atoms with E-state index in [1.165, 1.54) is 18.2 Å². The predicted molar refractivity (Wildman–Crippen MR) is 88.5 cm³/mol. The van der Waals surface area contributed by atoms with Crippen LogP contribution in [0.15, 0.2) is 22.7 Å². The quantitative estimate of drug-likeness (QED) is 0.919. The zero-order chi connectivity index (χ0) is 17.3. The first kappa shape index (κ1) is 16.9. The molecule has 7 heteroatoms. The minimum Gasteiger partial charge on any atom is -0.361 e. The third-order valence-corrected chi connectivity index (χ3v) is 4.64. The maximum Gasteiger partial charge on any atom is 0.251 e. The maximum absolute atomic E-state index is 13.2. The number of nitrogens with one attached hydrogen (secondary N) is 1. The lowest BCUT2D eigenvalue weighted by Crippen LogP contribution is -2.37. The summed E-state index contributed by atoms with van der Waals surface area (Å²) in [5, 5.41) is 6.90. The zero-order valence-electron chi connectivity index (χ0n) is 13.6. The molecule has 24 heavy (non-hydrogen) atoms. The van der Waals surface area contributed by atoms with Gasteiger partial charge in [-0.25, -0.2) is 4.39 Å². The highest BCUT2D eigenvalue weighted by atomic mass is 35.5. The van der Waals surface area contributed by atoms with Gasteiger partial charge in [0.05, 0.1) is 10.7 Å². The number of rotatable bonds is 4. The van der Waals surface area contributed by atoms with Crippen molar-refractivity contribution >= 4 is 17.5 Å². The number of aromatic nitrogens is 1. The molecule has 1 saturated heterocycles. The molecular formula is C17H19ClFN3O2. The molecule has 1 fully saturated rings. The molecule has 1 aliphatic heterocycles. The van der Waals surface area contributed by atoms with Gasteiger partial charge in [0.25, 0.3) is 5.91 Å².